The van der Waals surface area contributed by atoms with Gasteiger partial charge in [-0.25, -0.2) is 0 Å². The van der Waals surface area contributed by atoms with Gasteiger partial charge in [-0.15, -0.1) is 5.12 Å². The summed E-state index contributed by atoms with van der Waals surface area (Å²) in [5.41, 5.74) is 2.46. The highest BCUT2D eigenvalue weighted by atomic mass is 19.2. The molecule has 28 heavy (non-hydrogen) atoms. The summed E-state index contributed by atoms with van der Waals surface area (Å²) >= 11 is 0. The van der Waals surface area contributed by atoms with E-state index in [1.165, 1.54) is 26.0 Å². The number of anilines is 1. The lowest BCUT2D eigenvalue weighted by Gasteiger charge is -2.14. The van der Waals surface area contributed by atoms with Crippen molar-refractivity contribution in [2.24, 2.45) is 0 Å². The Balaban J connectivity index is 0. The van der Waals surface area contributed by atoms with Gasteiger partial charge in [0.2, 0.25) is 0 Å². The molecule has 4 nitrogen and oxygen atoms in total. The van der Waals surface area contributed by atoms with E-state index in [4.69, 9.17) is 0 Å². The number of carbonyl (C=O) groups excluding carboxylic acids is 2. The number of aryl methyl sites for hydroxylation is 1. The SMILES string of the molecule is CC.CC.CCc1cccc(-c2cnc(C(C)=O)c(N(F)C(C)=O)c2)c1.[B]C. The normalized spacial score (nSPS) is 8.75. The van der Waals surface area contributed by atoms with Crippen LogP contribution in [-0.2, 0) is 11.2 Å². The number of hydrogen-bond acceptors (Lipinski definition) is 3. The molecule has 0 saturated carbocycles. The maximum absolute atomic E-state index is 14.0. The van der Waals surface area contributed by atoms with Crippen molar-refractivity contribution in [3.8, 4) is 11.1 Å². The highest BCUT2D eigenvalue weighted by Gasteiger charge is 2.20. The first-order valence-electron chi connectivity index (χ1n) is 9.58. The van der Waals surface area contributed by atoms with Crippen LogP contribution in [0.2, 0.25) is 6.82 Å². The van der Waals surface area contributed by atoms with E-state index in [0.29, 0.717) is 5.56 Å². The molecule has 0 aliphatic rings. The summed E-state index contributed by atoms with van der Waals surface area (Å²) in [7, 11) is 4.50. The van der Waals surface area contributed by atoms with Gasteiger partial charge in [0.15, 0.2) is 5.78 Å². The van der Waals surface area contributed by atoms with Crippen LogP contribution < -0.4 is 5.12 Å². The van der Waals surface area contributed by atoms with Gasteiger partial charge in [-0.05, 0) is 23.6 Å². The number of nitrogens with zero attached hydrogens (tertiary/aromatic N) is 2. The molecular formula is C22H32BFN2O2. The monoisotopic (exact) mass is 386 g/mol. The molecule has 0 N–H and O–H groups in total. The van der Waals surface area contributed by atoms with Gasteiger partial charge >= 0.3 is 0 Å². The lowest BCUT2D eigenvalue weighted by atomic mass is 10.0. The van der Waals surface area contributed by atoms with E-state index in [9.17, 15) is 14.1 Å². The Morgan fingerprint density at radius 1 is 1.04 bits per heavy atom. The number of carbonyl (C=O) groups is 2. The highest BCUT2D eigenvalue weighted by molar-refractivity contribution is 6.05. The van der Waals surface area contributed by atoms with Gasteiger partial charge in [-0.2, -0.15) is 0 Å². The average molecular weight is 386 g/mol. The third-order valence-corrected chi connectivity index (χ3v) is 3.36. The standard InChI is InChI=1S/C17H17FN2O2.2C2H6.CH3B/c1-4-13-6-5-7-14(8-13)15-9-16(20(18)12(3)22)17(11(2)21)19-10-15;3*1-2/h5-10H,4H2,1-3H3;2*1-2H3;1H3. The molecule has 2 radical (unpaired) electrons. The first kappa shape index (κ1) is 27.7. The number of Topliss-reactive ketones (excluding diaryl/α,β-unsaturated/α-hetero) is 1. The third-order valence-electron chi connectivity index (χ3n) is 3.36. The number of hydrogen-bond donors (Lipinski definition) is 0. The molecule has 1 heterocycles. The minimum absolute atomic E-state index is 0.0447. The number of aromatic nitrogens is 1. The van der Waals surface area contributed by atoms with Crippen molar-refractivity contribution in [3.63, 3.8) is 0 Å². The Hall–Kier alpha value is -2.50. The van der Waals surface area contributed by atoms with Crippen LogP contribution in [0, 0.1) is 0 Å². The minimum atomic E-state index is -0.802. The second-order valence-corrected chi connectivity index (χ2v) is 5.00. The second-order valence-electron chi connectivity index (χ2n) is 5.00. The summed E-state index contributed by atoms with van der Waals surface area (Å²) in [6, 6.07) is 9.23. The molecule has 1 aromatic carbocycles. The molecule has 0 fully saturated rings. The van der Waals surface area contributed by atoms with E-state index in [0.717, 1.165) is 24.5 Å². The van der Waals surface area contributed by atoms with Crippen molar-refractivity contribution >= 4 is 25.2 Å². The Morgan fingerprint density at radius 3 is 2.07 bits per heavy atom. The zero-order chi connectivity index (χ0) is 22.3. The van der Waals surface area contributed by atoms with Gasteiger partial charge in [0.05, 0.1) is 7.85 Å². The Morgan fingerprint density at radius 2 is 1.61 bits per heavy atom. The summed E-state index contributed by atoms with van der Waals surface area (Å²) in [5, 5.41) is -0.0447. The number of ketones is 1. The van der Waals surface area contributed by atoms with Crippen molar-refractivity contribution in [1.82, 2.24) is 4.98 Å². The van der Waals surface area contributed by atoms with Crippen molar-refractivity contribution in [2.75, 3.05) is 5.12 Å². The molecule has 0 spiro atoms. The van der Waals surface area contributed by atoms with Crippen LogP contribution in [-0.4, -0.2) is 24.5 Å². The Kier molecular flexibility index (Phi) is 15.4. The van der Waals surface area contributed by atoms with E-state index < -0.39 is 11.7 Å². The van der Waals surface area contributed by atoms with E-state index in [1.807, 2.05) is 58.9 Å². The molecule has 0 atom stereocenters. The fourth-order valence-electron chi connectivity index (χ4n) is 2.17. The van der Waals surface area contributed by atoms with Crippen LogP contribution in [0.25, 0.3) is 11.1 Å². The van der Waals surface area contributed by atoms with Crippen LogP contribution >= 0.6 is 0 Å². The maximum atomic E-state index is 14.0. The van der Waals surface area contributed by atoms with Gasteiger partial charge in [-0.3, -0.25) is 14.6 Å². The zero-order valence-electron chi connectivity index (χ0n) is 18.3. The Bertz CT molecular complexity index is 736. The summed E-state index contributed by atoms with van der Waals surface area (Å²) in [5.74, 6) is -1.20. The summed E-state index contributed by atoms with van der Waals surface area (Å²) in [6.07, 6.45) is 2.39. The average Bonchev–Trinajstić information content (AvgIpc) is 2.76. The van der Waals surface area contributed by atoms with Crippen molar-refractivity contribution < 1.29 is 14.1 Å². The second kappa shape index (κ2) is 15.6. The van der Waals surface area contributed by atoms with Crippen LogP contribution in [0.5, 0.6) is 0 Å². The fourth-order valence-corrected chi connectivity index (χ4v) is 2.17. The van der Waals surface area contributed by atoms with E-state index in [-0.39, 0.29) is 16.5 Å². The first-order chi connectivity index (χ1) is 13.4. The largest absolute Gasteiger partial charge is 0.293 e. The molecular weight excluding hydrogens is 354 g/mol. The quantitative estimate of drug-likeness (QED) is 0.368. The van der Waals surface area contributed by atoms with Gasteiger partial charge in [-0.1, -0.05) is 70.2 Å². The van der Waals surface area contributed by atoms with Crippen LogP contribution in [0.1, 0.15) is 64.5 Å². The molecule has 2 aromatic rings. The number of pyridine rings is 1. The summed E-state index contributed by atoms with van der Waals surface area (Å²) < 4.78 is 14.0. The van der Waals surface area contributed by atoms with Gasteiger partial charge < -0.3 is 0 Å². The molecule has 0 saturated heterocycles. The molecule has 0 bridgehead atoms. The van der Waals surface area contributed by atoms with E-state index >= 15 is 0 Å². The number of benzene rings is 1. The van der Waals surface area contributed by atoms with Gasteiger partial charge in [0.1, 0.15) is 11.4 Å². The minimum Gasteiger partial charge on any atom is -0.293 e. The molecule has 0 unspecified atom stereocenters. The van der Waals surface area contributed by atoms with Crippen LogP contribution in [0.3, 0.4) is 0 Å². The summed E-state index contributed by atoms with van der Waals surface area (Å²) in [4.78, 5) is 26.9. The number of halogens is 1. The third kappa shape index (κ3) is 8.03. The first-order valence-corrected chi connectivity index (χ1v) is 9.58. The molecule has 2 rings (SSSR count). The number of amides is 1. The van der Waals surface area contributed by atoms with Crippen molar-refractivity contribution in [2.45, 2.75) is 61.7 Å². The zero-order valence-corrected chi connectivity index (χ0v) is 18.3. The molecule has 0 aliphatic heterocycles. The number of rotatable bonds is 4. The van der Waals surface area contributed by atoms with E-state index in [1.54, 1.807) is 0 Å². The van der Waals surface area contributed by atoms with E-state index in [2.05, 4.69) is 12.8 Å². The predicted molar refractivity (Wildman–Crippen MR) is 118 cm³/mol. The Labute approximate surface area is 170 Å². The molecule has 6 heteroatoms. The van der Waals surface area contributed by atoms with Gasteiger partial charge in [0, 0.05) is 25.6 Å². The molecule has 1 amide bonds. The summed E-state index contributed by atoms with van der Waals surface area (Å²) in [6.45, 7) is 13.9. The highest BCUT2D eigenvalue weighted by Crippen LogP contribution is 2.28. The predicted octanol–water partition coefficient (Wildman–Crippen LogP) is 6.01. The van der Waals surface area contributed by atoms with Gasteiger partial charge in [0.25, 0.3) is 5.91 Å². The smallest absolute Gasteiger partial charge is 0.251 e. The topological polar surface area (TPSA) is 50.3 Å². The van der Waals surface area contributed by atoms with Crippen molar-refractivity contribution in [3.05, 3.63) is 47.8 Å². The van der Waals surface area contributed by atoms with Crippen molar-refractivity contribution in [1.29, 1.82) is 0 Å². The van der Waals surface area contributed by atoms with Crippen LogP contribution in [0.15, 0.2) is 36.5 Å². The molecule has 152 valence electrons. The van der Waals surface area contributed by atoms with Crippen LogP contribution in [0.4, 0.5) is 10.2 Å². The maximum Gasteiger partial charge on any atom is 0.251 e. The fraction of sp³-hybridized carbons (Fsp3) is 0.409. The lowest BCUT2D eigenvalue weighted by Crippen LogP contribution is -2.21. The molecule has 1 aromatic heterocycles. The lowest BCUT2D eigenvalue weighted by molar-refractivity contribution is -0.119. The molecule has 0 aliphatic carbocycles.